The predicted molar refractivity (Wildman–Crippen MR) is 128 cm³/mol. The maximum absolute atomic E-state index is 11.6. The molecule has 0 spiro atoms. The summed E-state index contributed by atoms with van der Waals surface area (Å²) in [6.45, 7) is 9.46. The molecule has 4 rings (SSSR count). The van der Waals surface area contributed by atoms with Gasteiger partial charge in [0, 0.05) is 27.8 Å². The van der Waals surface area contributed by atoms with E-state index in [1.807, 2.05) is 18.2 Å². The smallest absolute Gasteiger partial charge is 0.238 e. The molecule has 3 aromatic rings. The number of benzene rings is 1. The van der Waals surface area contributed by atoms with Crippen molar-refractivity contribution in [2.75, 3.05) is 6.61 Å². The van der Waals surface area contributed by atoms with E-state index in [2.05, 4.69) is 34.9 Å². The monoisotopic (exact) mass is 466 g/mol. The SMILES string of the molecule is CC(=O)N[C@@H]1CCc2cc(Oc3cnc4c(n3)c(C=O)cn4COCC[Si](C)(C)C)ccc21. The first-order valence-corrected chi connectivity index (χ1v) is 14.9. The summed E-state index contributed by atoms with van der Waals surface area (Å²) in [6.07, 6.45) is 5.80. The molecule has 8 nitrogen and oxygen atoms in total. The number of nitrogens with one attached hydrogen (secondary N) is 1. The molecule has 0 radical (unpaired) electrons. The molecule has 174 valence electrons. The summed E-state index contributed by atoms with van der Waals surface area (Å²) in [6, 6.07) is 6.94. The third kappa shape index (κ3) is 5.48. The Hall–Kier alpha value is -3.04. The molecule has 9 heteroatoms. The molecule has 2 aromatic heterocycles. The molecule has 1 amide bonds. The summed E-state index contributed by atoms with van der Waals surface area (Å²) in [7, 11) is -1.17. The van der Waals surface area contributed by atoms with Gasteiger partial charge in [0.25, 0.3) is 0 Å². The van der Waals surface area contributed by atoms with Gasteiger partial charge in [-0.25, -0.2) is 9.97 Å². The molecule has 1 N–H and O–H groups in total. The second-order valence-electron chi connectivity index (χ2n) is 9.66. The van der Waals surface area contributed by atoms with Crippen LogP contribution >= 0.6 is 0 Å². The maximum atomic E-state index is 11.6. The van der Waals surface area contributed by atoms with Gasteiger partial charge in [-0.1, -0.05) is 25.7 Å². The van der Waals surface area contributed by atoms with Crippen LogP contribution in [-0.2, 0) is 22.7 Å². The third-order valence-electron chi connectivity index (χ3n) is 5.72. The number of hydrogen-bond donors (Lipinski definition) is 1. The Kier molecular flexibility index (Phi) is 6.62. The Balaban J connectivity index is 1.49. The Labute approximate surface area is 194 Å². The number of carbonyl (C=O) groups excluding carboxylic acids is 2. The number of aromatic nitrogens is 3. The van der Waals surface area contributed by atoms with Crippen LogP contribution in [0.15, 0.2) is 30.6 Å². The van der Waals surface area contributed by atoms with Crippen LogP contribution in [0.2, 0.25) is 25.7 Å². The average molecular weight is 467 g/mol. The first kappa shape index (κ1) is 23.1. The van der Waals surface area contributed by atoms with E-state index < -0.39 is 8.07 Å². The van der Waals surface area contributed by atoms with Gasteiger partial charge in [0.05, 0.1) is 17.8 Å². The van der Waals surface area contributed by atoms with Gasteiger partial charge >= 0.3 is 0 Å². The van der Waals surface area contributed by atoms with E-state index in [1.54, 1.807) is 17.0 Å². The van der Waals surface area contributed by atoms with E-state index >= 15 is 0 Å². The Morgan fingerprint density at radius 3 is 2.88 bits per heavy atom. The van der Waals surface area contributed by atoms with Crippen LogP contribution in [0.5, 0.6) is 11.6 Å². The lowest BCUT2D eigenvalue weighted by atomic mass is 10.1. The Morgan fingerprint density at radius 1 is 1.33 bits per heavy atom. The fourth-order valence-electron chi connectivity index (χ4n) is 4.01. The highest BCUT2D eigenvalue weighted by molar-refractivity contribution is 6.76. The highest BCUT2D eigenvalue weighted by Crippen LogP contribution is 2.34. The van der Waals surface area contributed by atoms with Crippen molar-refractivity contribution >= 4 is 31.4 Å². The molecular weight excluding hydrogens is 436 g/mol. The van der Waals surface area contributed by atoms with Crippen LogP contribution in [-0.4, -0.2) is 41.4 Å². The topological polar surface area (TPSA) is 95.3 Å². The summed E-state index contributed by atoms with van der Waals surface area (Å²) >= 11 is 0. The number of rotatable bonds is 9. The minimum Gasteiger partial charge on any atom is -0.437 e. The lowest BCUT2D eigenvalue weighted by Crippen LogP contribution is -2.24. The fraction of sp³-hybridized carbons (Fsp3) is 0.417. The number of hydrogen-bond acceptors (Lipinski definition) is 6. The molecule has 0 aliphatic heterocycles. The fourth-order valence-corrected chi connectivity index (χ4v) is 4.77. The molecule has 1 aliphatic rings. The quantitative estimate of drug-likeness (QED) is 0.284. The van der Waals surface area contributed by atoms with Gasteiger partial charge in [0.2, 0.25) is 11.8 Å². The molecule has 1 aromatic carbocycles. The number of amides is 1. The number of fused-ring (bicyclic) bond motifs is 2. The summed E-state index contributed by atoms with van der Waals surface area (Å²) in [5.41, 5.74) is 3.79. The molecule has 0 fully saturated rings. The van der Waals surface area contributed by atoms with Crippen molar-refractivity contribution in [3.63, 3.8) is 0 Å². The number of aryl methyl sites for hydroxylation is 1. The molecule has 1 aliphatic carbocycles. The van der Waals surface area contributed by atoms with E-state index in [0.29, 0.717) is 41.7 Å². The Bertz CT molecular complexity index is 1190. The third-order valence-corrected chi connectivity index (χ3v) is 7.42. The van der Waals surface area contributed by atoms with E-state index in [-0.39, 0.29) is 11.9 Å². The number of nitrogens with zero attached hydrogens (tertiary/aromatic N) is 3. The molecule has 0 bridgehead atoms. The van der Waals surface area contributed by atoms with Crippen molar-refractivity contribution in [3.05, 3.63) is 47.3 Å². The first-order valence-electron chi connectivity index (χ1n) is 11.2. The minimum atomic E-state index is -1.17. The van der Waals surface area contributed by atoms with Crippen LogP contribution in [0.1, 0.15) is 40.9 Å². The van der Waals surface area contributed by atoms with Gasteiger partial charge in [0.15, 0.2) is 11.9 Å². The van der Waals surface area contributed by atoms with Crippen molar-refractivity contribution < 1.29 is 19.1 Å². The first-order chi connectivity index (χ1) is 15.7. The van der Waals surface area contributed by atoms with Crippen LogP contribution in [0, 0.1) is 0 Å². The summed E-state index contributed by atoms with van der Waals surface area (Å²) < 4.78 is 13.6. The zero-order valence-electron chi connectivity index (χ0n) is 19.6. The van der Waals surface area contributed by atoms with Crippen molar-refractivity contribution in [2.24, 2.45) is 0 Å². The highest BCUT2D eigenvalue weighted by atomic mass is 28.3. The van der Waals surface area contributed by atoms with Gasteiger partial charge in [-0.2, -0.15) is 0 Å². The highest BCUT2D eigenvalue weighted by Gasteiger charge is 2.23. The molecule has 0 saturated carbocycles. The van der Waals surface area contributed by atoms with Gasteiger partial charge < -0.3 is 19.4 Å². The average Bonchev–Trinajstić information content (AvgIpc) is 3.30. The van der Waals surface area contributed by atoms with Crippen LogP contribution in [0.3, 0.4) is 0 Å². The van der Waals surface area contributed by atoms with E-state index in [0.717, 1.165) is 36.3 Å². The molecule has 1 atom stereocenters. The van der Waals surface area contributed by atoms with Crippen molar-refractivity contribution in [1.29, 1.82) is 0 Å². The minimum absolute atomic E-state index is 0.0314. The molecular formula is C24H30N4O4Si. The summed E-state index contributed by atoms with van der Waals surface area (Å²) in [5, 5.41) is 2.98. The van der Waals surface area contributed by atoms with Gasteiger partial charge in [0.1, 0.15) is 18.0 Å². The number of ether oxygens (including phenoxy) is 2. The van der Waals surface area contributed by atoms with E-state index in [4.69, 9.17) is 9.47 Å². The zero-order chi connectivity index (χ0) is 23.6. The van der Waals surface area contributed by atoms with Crippen molar-refractivity contribution in [2.45, 2.75) is 58.2 Å². The van der Waals surface area contributed by atoms with Crippen molar-refractivity contribution in [1.82, 2.24) is 19.9 Å². The van der Waals surface area contributed by atoms with Gasteiger partial charge in [-0.15, -0.1) is 0 Å². The van der Waals surface area contributed by atoms with Crippen molar-refractivity contribution in [3.8, 4) is 11.6 Å². The van der Waals surface area contributed by atoms with Gasteiger partial charge in [-0.05, 0) is 42.1 Å². The standard InChI is InChI=1S/C24H30N4O4Si/c1-16(30)26-21-8-5-17-11-19(6-7-20(17)21)32-22-12-25-24-23(27-22)18(14-29)13-28(24)15-31-9-10-33(2,3)4/h6-7,11-14,21H,5,8-10,15H2,1-4H3,(H,26,30)/t21-/m1/s1. The maximum Gasteiger partial charge on any atom is 0.238 e. The van der Waals surface area contributed by atoms with E-state index in [9.17, 15) is 9.59 Å². The number of aldehydes is 1. The molecule has 33 heavy (non-hydrogen) atoms. The Morgan fingerprint density at radius 2 is 2.15 bits per heavy atom. The van der Waals surface area contributed by atoms with Crippen LogP contribution in [0.4, 0.5) is 0 Å². The summed E-state index contributed by atoms with van der Waals surface area (Å²) in [4.78, 5) is 32.0. The zero-order valence-corrected chi connectivity index (χ0v) is 20.6. The second-order valence-corrected chi connectivity index (χ2v) is 15.3. The lowest BCUT2D eigenvalue weighted by Gasteiger charge is -2.15. The van der Waals surface area contributed by atoms with Gasteiger partial charge in [-0.3, -0.25) is 9.59 Å². The second kappa shape index (κ2) is 9.44. The lowest BCUT2D eigenvalue weighted by molar-refractivity contribution is -0.119. The molecule has 2 heterocycles. The molecule has 0 saturated heterocycles. The van der Waals surface area contributed by atoms with Crippen LogP contribution < -0.4 is 10.1 Å². The van der Waals surface area contributed by atoms with E-state index in [1.165, 1.54) is 6.92 Å². The summed E-state index contributed by atoms with van der Waals surface area (Å²) in [5.74, 6) is 0.933. The number of carbonyl (C=O) groups is 2. The van der Waals surface area contributed by atoms with Crippen LogP contribution in [0.25, 0.3) is 11.2 Å². The molecule has 0 unspecified atom stereocenters. The largest absolute Gasteiger partial charge is 0.437 e. The normalized spacial score (nSPS) is 15.5. The predicted octanol–water partition coefficient (Wildman–Crippen LogP) is 4.47.